The normalized spacial score (nSPS) is 13.3. The van der Waals surface area contributed by atoms with Gasteiger partial charge in [-0.3, -0.25) is 0 Å². The molecule has 0 spiro atoms. The zero-order valence-corrected chi connectivity index (χ0v) is 10.3. The van der Waals surface area contributed by atoms with Gasteiger partial charge in [0.05, 0.1) is 0 Å². The predicted molar refractivity (Wildman–Crippen MR) is 60.7 cm³/mol. The summed E-state index contributed by atoms with van der Waals surface area (Å²) in [5.74, 6) is 1.15. The van der Waals surface area contributed by atoms with Gasteiger partial charge in [0.2, 0.25) is 0 Å². The van der Waals surface area contributed by atoms with Crippen molar-refractivity contribution in [1.82, 2.24) is 20.2 Å². The number of hydrogen-bond acceptors (Lipinski definition) is 5. The molecule has 0 saturated carbocycles. The van der Waals surface area contributed by atoms with E-state index in [1.54, 1.807) is 4.68 Å². The molecule has 0 fully saturated rings. The van der Waals surface area contributed by atoms with Gasteiger partial charge >= 0.3 is 0 Å². The molecule has 1 atom stereocenters. The summed E-state index contributed by atoms with van der Waals surface area (Å²) in [5.41, 5.74) is 5.48. The molecule has 0 saturated heterocycles. The average Bonchev–Trinajstić information content (AvgIpc) is 2.70. The van der Waals surface area contributed by atoms with Gasteiger partial charge in [-0.25, -0.2) is 4.68 Å². The van der Waals surface area contributed by atoms with E-state index in [-0.39, 0.29) is 6.10 Å². The molecule has 0 radical (unpaired) electrons. The van der Waals surface area contributed by atoms with Gasteiger partial charge < -0.3 is 10.5 Å². The fraction of sp³-hybridized carbons (Fsp3) is 0.900. The SMILES string of the molecule is CCOC(c1nnnn1CCCN)C(C)C. The highest BCUT2D eigenvalue weighted by atomic mass is 16.5. The van der Waals surface area contributed by atoms with Crippen LogP contribution in [0.4, 0.5) is 0 Å². The van der Waals surface area contributed by atoms with Crippen molar-refractivity contribution in [2.45, 2.75) is 39.8 Å². The summed E-state index contributed by atoms with van der Waals surface area (Å²) in [6.07, 6.45) is 0.826. The van der Waals surface area contributed by atoms with Crippen molar-refractivity contribution in [3.8, 4) is 0 Å². The number of nitrogens with zero attached hydrogens (tertiary/aromatic N) is 4. The van der Waals surface area contributed by atoms with Gasteiger partial charge in [0.25, 0.3) is 0 Å². The van der Waals surface area contributed by atoms with Crippen molar-refractivity contribution in [2.24, 2.45) is 11.7 Å². The molecule has 1 unspecified atom stereocenters. The van der Waals surface area contributed by atoms with Crippen LogP contribution < -0.4 is 5.73 Å². The molecule has 6 nitrogen and oxygen atoms in total. The third kappa shape index (κ3) is 3.24. The van der Waals surface area contributed by atoms with Gasteiger partial charge in [-0.15, -0.1) is 5.10 Å². The van der Waals surface area contributed by atoms with Crippen LogP contribution in [0.1, 0.15) is 39.1 Å². The molecular formula is C10H21N5O. The van der Waals surface area contributed by atoms with Crippen molar-refractivity contribution >= 4 is 0 Å². The Bertz CT molecular complexity index is 299. The standard InChI is InChI=1S/C10H21N5O/c1-4-16-9(8(2)3)10-12-13-14-15(10)7-5-6-11/h8-9H,4-7,11H2,1-3H3. The Balaban J connectivity index is 2.78. The molecule has 0 bridgehead atoms. The van der Waals surface area contributed by atoms with Crippen molar-refractivity contribution in [2.75, 3.05) is 13.2 Å². The van der Waals surface area contributed by atoms with E-state index >= 15 is 0 Å². The quantitative estimate of drug-likeness (QED) is 0.743. The van der Waals surface area contributed by atoms with Crippen molar-refractivity contribution < 1.29 is 4.74 Å². The lowest BCUT2D eigenvalue weighted by atomic mass is 10.1. The first-order valence-electron chi connectivity index (χ1n) is 5.78. The van der Waals surface area contributed by atoms with Crippen LogP contribution in [0, 0.1) is 5.92 Å². The third-order valence-electron chi connectivity index (χ3n) is 2.34. The lowest BCUT2D eigenvalue weighted by Gasteiger charge is -2.19. The third-order valence-corrected chi connectivity index (χ3v) is 2.34. The number of aromatic nitrogens is 4. The van der Waals surface area contributed by atoms with Crippen LogP contribution in [0.2, 0.25) is 0 Å². The molecule has 0 aliphatic rings. The van der Waals surface area contributed by atoms with E-state index in [0.29, 0.717) is 19.1 Å². The molecule has 1 heterocycles. The minimum absolute atomic E-state index is 0.0437. The predicted octanol–water partition coefficient (Wildman–Crippen LogP) is 0.755. The number of aryl methyl sites for hydroxylation is 1. The Kier molecular flexibility index (Phi) is 5.34. The number of tetrazole rings is 1. The molecule has 16 heavy (non-hydrogen) atoms. The highest BCUT2D eigenvalue weighted by Gasteiger charge is 2.22. The molecule has 1 aromatic rings. The first kappa shape index (κ1) is 13.1. The summed E-state index contributed by atoms with van der Waals surface area (Å²) in [7, 11) is 0. The summed E-state index contributed by atoms with van der Waals surface area (Å²) >= 11 is 0. The topological polar surface area (TPSA) is 78.9 Å². The van der Waals surface area contributed by atoms with E-state index in [9.17, 15) is 0 Å². The highest BCUT2D eigenvalue weighted by Crippen LogP contribution is 2.23. The maximum Gasteiger partial charge on any atom is 0.180 e. The van der Waals surface area contributed by atoms with Crippen LogP contribution in [0.25, 0.3) is 0 Å². The van der Waals surface area contributed by atoms with E-state index in [0.717, 1.165) is 18.8 Å². The second-order valence-electron chi connectivity index (χ2n) is 4.02. The lowest BCUT2D eigenvalue weighted by Crippen LogP contribution is -2.19. The van der Waals surface area contributed by atoms with E-state index in [1.807, 2.05) is 6.92 Å². The second-order valence-corrected chi connectivity index (χ2v) is 4.02. The van der Waals surface area contributed by atoms with E-state index in [4.69, 9.17) is 10.5 Å². The molecule has 1 rings (SSSR count). The van der Waals surface area contributed by atoms with Gasteiger partial charge in [0, 0.05) is 13.2 Å². The lowest BCUT2D eigenvalue weighted by molar-refractivity contribution is 0.0198. The Morgan fingerprint density at radius 1 is 1.44 bits per heavy atom. The van der Waals surface area contributed by atoms with Gasteiger partial charge in [-0.1, -0.05) is 13.8 Å². The molecule has 92 valence electrons. The molecule has 0 aliphatic carbocycles. The van der Waals surface area contributed by atoms with Crippen molar-refractivity contribution in [3.63, 3.8) is 0 Å². The maximum absolute atomic E-state index is 5.67. The monoisotopic (exact) mass is 227 g/mol. The molecular weight excluding hydrogens is 206 g/mol. The van der Waals surface area contributed by atoms with Crippen LogP contribution in [0.5, 0.6) is 0 Å². The van der Waals surface area contributed by atoms with E-state index in [1.165, 1.54) is 0 Å². The number of nitrogens with two attached hydrogens (primary N) is 1. The number of rotatable bonds is 7. The zero-order valence-electron chi connectivity index (χ0n) is 10.3. The number of ether oxygens (including phenoxy) is 1. The summed E-state index contributed by atoms with van der Waals surface area (Å²) in [4.78, 5) is 0. The van der Waals surface area contributed by atoms with Crippen molar-refractivity contribution in [1.29, 1.82) is 0 Å². The van der Waals surface area contributed by atoms with Crippen molar-refractivity contribution in [3.05, 3.63) is 5.82 Å². The van der Waals surface area contributed by atoms with E-state index < -0.39 is 0 Å². The fourth-order valence-electron chi connectivity index (χ4n) is 1.56. The first-order valence-corrected chi connectivity index (χ1v) is 5.78. The summed E-state index contributed by atoms with van der Waals surface area (Å²) < 4.78 is 7.46. The Morgan fingerprint density at radius 2 is 2.19 bits per heavy atom. The molecule has 0 amide bonds. The largest absolute Gasteiger partial charge is 0.370 e. The van der Waals surface area contributed by atoms with E-state index in [2.05, 4.69) is 29.4 Å². The highest BCUT2D eigenvalue weighted by molar-refractivity contribution is 4.90. The molecule has 2 N–H and O–H groups in total. The molecule has 1 aromatic heterocycles. The molecule has 0 aliphatic heterocycles. The Hall–Kier alpha value is -1.01. The molecule has 0 aromatic carbocycles. The van der Waals surface area contributed by atoms with Crippen LogP contribution in [0.15, 0.2) is 0 Å². The smallest absolute Gasteiger partial charge is 0.180 e. The summed E-state index contributed by atoms with van der Waals surface area (Å²) in [6.45, 7) is 8.22. The van der Waals surface area contributed by atoms with Gasteiger partial charge in [0.15, 0.2) is 5.82 Å². The molecule has 6 heteroatoms. The summed E-state index contributed by atoms with van der Waals surface area (Å²) in [6, 6.07) is 0. The summed E-state index contributed by atoms with van der Waals surface area (Å²) in [5, 5.41) is 11.7. The van der Waals surface area contributed by atoms with Gasteiger partial charge in [-0.05, 0) is 36.2 Å². The van der Waals surface area contributed by atoms with Crippen LogP contribution in [-0.4, -0.2) is 33.4 Å². The number of hydrogen-bond donors (Lipinski definition) is 1. The van der Waals surface area contributed by atoms with Crippen LogP contribution in [-0.2, 0) is 11.3 Å². The fourth-order valence-corrected chi connectivity index (χ4v) is 1.56. The Labute approximate surface area is 96.2 Å². The minimum Gasteiger partial charge on any atom is -0.370 e. The maximum atomic E-state index is 5.67. The van der Waals surface area contributed by atoms with Crippen LogP contribution >= 0.6 is 0 Å². The Morgan fingerprint density at radius 3 is 2.75 bits per heavy atom. The first-order chi connectivity index (χ1) is 7.70. The van der Waals surface area contributed by atoms with Gasteiger partial charge in [-0.2, -0.15) is 0 Å². The van der Waals surface area contributed by atoms with Crippen LogP contribution in [0.3, 0.4) is 0 Å². The second kappa shape index (κ2) is 6.55. The average molecular weight is 227 g/mol. The van der Waals surface area contributed by atoms with Gasteiger partial charge in [0.1, 0.15) is 6.10 Å². The minimum atomic E-state index is -0.0437. The zero-order chi connectivity index (χ0) is 12.0.